The summed E-state index contributed by atoms with van der Waals surface area (Å²) in [6.07, 6.45) is 9.46. The van der Waals surface area contributed by atoms with Crippen molar-refractivity contribution >= 4 is 6.16 Å². The van der Waals surface area contributed by atoms with Gasteiger partial charge in [-0.15, -0.1) is 0 Å². The fourth-order valence-electron chi connectivity index (χ4n) is 1.55. The number of hydrogen-bond acceptors (Lipinski definition) is 3. The third-order valence-electron chi connectivity index (χ3n) is 2.48. The van der Waals surface area contributed by atoms with Gasteiger partial charge in [0.1, 0.15) is 0 Å². The zero-order valence-corrected chi connectivity index (χ0v) is 10.8. The van der Waals surface area contributed by atoms with E-state index in [1.54, 1.807) is 6.92 Å². The Bertz CT molecular complexity index is 157. The molecule has 0 unspecified atom stereocenters. The molecule has 0 aromatic carbocycles. The first kappa shape index (κ1) is 15.3. The minimum Gasteiger partial charge on any atom is -0.435 e. The summed E-state index contributed by atoms with van der Waals surface area (Å²) in [5.41, 5.74) is 0. The van der Waals surface area contributed by atoms with Crippen LogP contribution in [0.5, 0.6) is 0 Å². The summed E-state index contributed by atoms with van der Waals surface area (Å²) in [6.45, 7) is 4.88. The molecule has 0 atom stereocenters. The number of carbonyl (C=O) groups excluding carboxylic acids is 1. The zero-order valence-electron chi connectivity index (χ0n) is 10.8. The van der Waals surface area contributed by atoms with E-state index in [1.165, 1.54) is 38.5 Å². The lowest BCUT2D eigenvalue weighted by atomic mass is 10.1. The standard InChI is InChI=1S/C13H26O3/c1-3-5-6-7-8-9-10-11-12-16-13(14)15-4-2/h3-12H2,1-2H3. The summed E-state index contributed by atoms with van der Waals surface area (Å²) in [5.74, 6) is 0. The molecule has 0 aromatic heterocycles. The quantitative estimate of drug-likeness (QED) is 0.414. The molecule has 0 amide bonds. The molecule has 0 aliphatic carbocycles. The van der Waals surface area contributed by atoms with Crippen LogP contribution in [0.4, 0.5) is 4.79 Å². The predicted octanol–water partition coefficient (Wildman–Crippen LogP) is 4.30. The van der Waals surface area contributed by atoms with Gasteiger partial charge in [0.25, 0.3) is 0 Å². The SMILES string of the molecule is CCCCCCCCCCOC(=O)OCC. The molecule has 0 bridgehead atoms. The van der Waals surface area contributed by atoms with Crippen molar-refractivity contribution in [2.45, 2.75) is 65.2 Å². The molecule has 16 heavy (non-hydrogen) atoms. The van der Waals surface area contributed by atoms with Gasteiger partial charge in [0.05, 0.1) is 13.2 Å². The average Bonchev–Trinajstić information content (AvgIpc) is 2.27. The van der Waals surface area contributed by atoms with E-state index in [0.29, 0.717) is 13.2 Å². The predicted molar refractivity (Wildman–Crippen MR) is 65.6 cm³/mol. The summed E-state index contributed by atoms with van der Waals surface area (Å²) < 4.78 is 9.52. The summed E-state index contributed by atoms with van der Waals surface area (Å²) in [7, 11) is 0. The highest BCUT2D eigenvalue weighted by Gasteiger charge is 2.00. The largest absolute Gasteiger partial charge is 0.508 e. The third-order valence-corrected chi connectivity index (χ3v) is 2.48. The van der Waals surface area contributed by atoms with Crippen LogP contribution in [-0.4, -0.2) is 19.4 Å². The number of carbonyl (C=O) groups is 1. The van der Waals surface area contributed by atoms with Crippen molar-refractivity contribution in [3.63, 3.8) is 0 Å². The Morgan fingerprint density at radius 2 is 1.38 bits per heavy atom. The van der Waals surface area contributed by atoms with Crippen LogP contribution in [-0.2, 0) is 9.47 Å². The molecular weight excluding hydrogens is 204 g/mol. The Labute approximate surface area is 99.5 Å². The topological polar surface area (TPSA) is 35.5 Å². The monoisotopic (exact) mass is 230 g/mol. The average molecular weight is 230 g/mol. The van der Waals surface area contributed by atoms with Crippen LogP contribution in [0.25, 0.3) is 0 Å². The molecule has 3 nitrogen and oxygen atoms in total. The minimum atomic E-state index is -0.537. The normalized spacial score (nSPS) is 10.1. The Kier molecular flexibility index (Phi) is 11.8. The first-order chi connectivity index (χ1) is 7.81. The molecule has 3 heteroatoms. The molecule has 0 N–H and O–H groups in total. The summed E-state index contributed by atoms with van der Waals surface area (Å²) in [4.78, 5) is 10.8. The number of rotatable bonds is 10. The summed E-state index contributed by atoms with van der Waals surface area (Å²) >= 11 is 0. The molecule has 0 saturated heterocycles. The van der Waals surface area contributed by atoms with E-state index in [2.05, 4.69) is 11.7 Å². The van der Waals surface area contributed by atoms with Crippen LogP contribution in [0.3, 0.4) is 0 Å². The van der Waals surface area contributed by atoms with Crippen molar-refractivity contribution in [2.24, 2.45) is 0 Å². The van der Waals surface area contributed by atoms with E-state index < -0.39 is 6.16 Å². The van der Waals surface area contributed by atoms with E-state index in [0.717, 1.165) is 12.8 Å². The summed E-state index contributed by atoms with van der Waals surface area (Å²) in [6, 6.07) is 0. The minimum absolute atomic E-state index is 0.385. The van der Waals surface area contributed by atoms with Gasteiger partial charge in [0.15, 0.2) is 0 Å². The molecule has 0 radical (unpaired) electrons. The lowest BCUT2D eigenvalue weighted by Crippen LogP contribution is -2.07. The Morgan fingerprint density at radius 3 is 1.94 bits per heavy atom. The molecule has 0 aliphatic heterocycles. The highest BCUT2D eigenvalue weighted by molar-refractivity contribution is 5.59. The van der Waals surface area contributed by atoms with Crippen LogP contribution >= 0.6 is 0 Å². The van der Waals surface area contributed by atoms with Crippen molar-refractivity contribution in [3.05, 3.63) is 0 Å². The van der Waals surface area contributed by atoms with E-state index in [4.69, 9.17) is 4.74 Å². The van der Waals surface area contributed by atoms with Crippen LogP contribution in [0.1, 0.15) is 65.2 Å². The second-order valence-corrected chi connectivity index (χ2v) is 4.01. The van der Waals surface area contributed by atoms with Crippen molar-refractivity contribution in [3.8, 4) is 0 Å². The molecule has 0 aromatic rings. The molecule has 0 heterocycles. The van der Waals surface area contributed by atoms with E-state index in [1.807, 2.05) is 0 Å². The Balaban J connectivity index is 3.01. The van der Waals surface area contributed by atoms with Crippen molar-refractivity contribution in [1.29, 1.82) is 0 Å². The lowest BCUT2D eigenvalue weighted by Gasteiger charge is -2.04. The van der Waals surface area contributed by atoms with Gasteiger partial charge >= 0.3 is 6.16 Å². The summed E-state index contributed by atoms with van der Waals surface area (Å²) in [5, 5.41) is 0. The number of unbranched alkanes of at least 4 members (excludes halogenated alkanes) is 7. The van der Waals surface area contributed by atoms with Crippen molar-refractivity contribution in [2.75, 3.05) is 13.2 Å². The second kappa shape index (κ2) is 12.3. The number of hydrogen-bond donors (Lipinski definition) is 0. The van der Waals surface area contributed by atoms with E-state index >= 15 is 0 Å². The van der Waals surface area contributed by atoms with Crippen LogP contribution in [0.15, 0.2) is 0 Å². The molecule has 0 saturated carbocycles. The molecule has 0 aliphatic rings. The maximum Gasteiger partial charge on any atom is 0.508 e. The number of ether oxygens (including phenoxy) is 2. The Hall–Kier alpha value is -0.730. The van der Waals surface area contributed by atoms with Crippen LogP contribution < -0.4 is 0 Å². The maximum absolute atomic E-state index is 10.8. The fourth-order valence-corrected chi connectivity index (χ4v) is 1.55. The highest BCUT2D eigenvalue weighted by atomic mass is 16.7. The lowest BCUT2D eigenvalue weighted by molar-refractivity contribution is 0.0578. The third kappa shape index (κ3) is 11.3. The van der Waals surface area contributed by atoms with Crippen LogP contribution in [0, 0.1) is 0 Å². The first-order valence-corrected chi connectivity index (χ1v) is 6.60. The molecular formula is C13H26O3. The molecule has 0 rings (SSSR count). The fraction of sp³-hybridized carbons (Fsp3) is 0.923. The van der Waals surface area contributed by atoms with Crippen LogP contribution in [0.2, 0.25) is 0 Å². The molecule has 0 spiro atoms. The van der Waals surface area contributed by atoms with Gasteiger partial charge < -0.3 is 9.47 Å². The Morgan fingerprint density at radius 1 is 0.812 bits per heavy atom. The van der Waals surface area contributed by atoms with Gasteiger partial charge in [0, 0.05) is 0 Å². The van der Waals surface area contributed by atoms with Gasteiger partial charge in [-0.1, -0.05) is 51.9 Å². The highest BCUT2D eigenvalue weighted by Crippen LogP contribution is 2.08. The van der Waals surface area contributed by atoms with Gasteiger partial charge in [0.2, 0.25) is 0 Å². The van der Waals surface area contributed by atoms with Gasteiger partial charge in [-0.05, 0) is 13.3 Å². The van der Waals surface area contributed by atoms with Crippen molar-refractivity contribution < 1.29 is 14.3 Å². The van der Waals surface area contributed by atoms with E-state index in [-0.39, 0.29) is 0 Å². The maximum atomic E-state index is 10.8. The van der Waals surface area contributed by atoms with Crippen molar-refractivity contribution in [1.82, 2.24) is 0 Å². The van der Waals surface area contributed by atoms with Gasteiger partial charge in [-0.3, -0.25) is 0 Å². The second-order valence-electron chi connectivity index (χ2n) is 4.01. The first-order valence-electron chi connectivity index (χ1n) is 6.60. The zero-order chi connectivity index (χ0) is 12.1. The molecule has 96 valence electrons. The van der Waals surface area contributed by atoms with Gasteiger partial charge in [-0.2, -0.15) is 0 Å². The molecule has 0 fully saturated rings. The smallest absolute Gasteiger partial charge is 0.435 e. The van der Waals surface area contributed by atoms with Gasteiger partial charge in [-0.25, -0.2) is 4.79 Å². The van der Waals surface area contributed by atoms with E-state index in [9.17, 15) is 4.79 Å².